The first-order valence-corrected chi connectivity index (χ1v) is 7.09. The SMILES string of the molecule is COc1ccc(NC(=O)c2ccc(-c3ccccn3)nc2)cc1. The zero-order valence-electron chi connectivity index (χ0n) is 12.6. The Bertz CT molecular complexity index is 785. The van der Waals surface area contributed by atoms with Crippen LogP contribution in [0.3, 0.4) is 0 Å². The minimum absolute atomic E-state index is 0.213. The Labute approximate surface area is 134 Å². The topological polar surface area (TPSA) is 64.1 Å². The predicted molar refractivity (Wildman–Crippen MR) is 88.4 cm³/mol. The summed E-state index contributed by atoms with van der Waals surface area (Å²) in [5.74, 6) is 0.527. The second-order valence-electron chi connectivity index (χ2n) is 4.83. The minimum atomic E-state index is -0.213. The third kappa shape index (κ3) is 3.52. The number of pyridine rings is 2. The van der Waals surface area contributed by atoms with E-state index in [1.54, 1.807) is 55.9 Å². The van der Waals surface area contributed by atoms with E-state index < -0.39 is 0 Å². The van der Waals surface area contributed by atoms with E-state index >= 15 is 0 Å². The number of carbonyl (C=O) groups excluding carboxylic acids is 1. The number of carbonyl (C=O) groups is 1. The van der Waals surface area contributed by atoms with Gasteiger partial charge in [0.2, 0.25) is 0 Å². The Morgan fingerprint density at radius 3 is 2.35 bits per heavy atom. The lowest BCUT2D eigenvalue weighted by molar-refractivity contribution is 0.102. The average molecular weight is 305 g/mol. The number of methoxy groups -OCH3 is 1. The summed E-state index contributed by atoms with van der Waals surface area (Å²) < 4.78 is 5.09. The van der Waals surface area contributed by atoms with Gasteiger partial charge in [-0.1, -0.05) is 6.07 Å². The Morgan fingerprint density at radius 1 is 0.957 bits per heavy atom. The van der Waals surface area contributed by atoms with Crippen molar-refractivity contribution in [3.05, 3.63) is 72.6 Å². The molecule has 0 unspecified atom stereocenters. The first kappa shape index (κ1) is 14.7. The molecule has 23 heavy (non-hydrogen) atoms. The third-order valence-corrected chi connectivity index (χ3v) is 3.30. The van der Waals surface area contributed by atoms with Gasteiger partial charge < -0.3 is 10.1 Å². The fraction of sp³-hybridized carbons (Fsp3) is 0.0556. The highest BCUT2D eigenvalue weighted by atomic mass is 16.5. The maximum Gasteiger partial charge on any atom is 0.257 e. The number of aromatic nitrogens is 2. The summed E-state index contributed by atoms with van der Waals surface area (Å²) in [6, 6.07) is 16.3. The van der Waals surface area contributed by atoms with Gasteiger partial charge in [-0.2, -0.15) is 0 Å². The number of nitrogens with one attached hydrogen (secondary N) is 1. The van der Waals surface area contributed by atoms with Crippen LogP contribution in [0.1, 0.15) is 10.4 Å². The van der Waals surface area contributed by atoms with Crippen molar-refractivity contribution in [1.82, 2.24) is 9.97 Å². The number of benzene rings is 1. The third-order valence-electron chi connectivity index (χ3n) is 3.30. The lowest BCUT2D eigenvalue weighted by Gasteiger charge is -2.07. The highest BCUT2D eigenvalue weighted by molar-refractivity contribution is 6.04. The van der Waals surface area contributed by atoms with Gasteiger partial charge in [-0.15, -0.1) is 0 Å². The number of hydrogen-bond acceptors (Lipinski definition) is 4. The number of hydrogen-bond donors (Lipinski definition) is 1. The van der Waals surface area contributed by atoms with E-state index in [4.69, 9.17) is 4.74 Å². The van der Waals surface area contributed by atoms with E-state index in [1.807, 2.05) is 18.2 Å². The maximum absolute atomic E-state index is 12.2. The van der Waals surface area contributed by atoms with E-state index in [0.717, 1.165) is 17.1 Å². The first-order chi connectivity index (χ1) is 11.3. The Hall–Kier alpha value is -3.21. The van der Waals surface area contributed by atoms with Crippen molar-refractivity contribution in [2.75, 3.05) is 12.4 Å². The predicted octanol–water partition coefficient (Wildman–Crippen LogP) is 3.40. The molecule has 1 aromatic carbocycles. The molecule has 0 fully saturated rings. The summed E-state index contributed by atoms with van der Waals surface area (Å²) >= 11 is 0. The van der Waals surface area contributed by atoms with E-state index in [-0.39, 0.29) is 5.91 Å². The van der Waals surface area contributed by atoms with Crippen LogP contribution in [0, 0.1) is 0 Å². The molecule has 3 rings (SSSR count). The minimum Gasteiger partial charge on any atom is -0.497 e. The second-order valence-corrected chi connectivity index (χ2v) is 4.83. The van der Waals surface area contributed by atoms with Crippen molar-refractivity contribution in [2.24, 2.45) is 0 Å². The Morgan fingerprint density at radius 2 is 1.74 bits per heavy atom. The van der Waals surface area contributed by atoms with Crippen LogP contribution >= 0.6 is 0 Å². The van der Waals surface area contributed by atoms with Crippen molar-refractivity contribution in [3.8, 4) is 17.1 Å². The quantitative estimate of drug-likeness (QED) is 0.802. The molecule has 0 bridgehead atoms. The van der Waals surface area contributed by atoms with Crippen LogP contribution in [0.4, 0.5) is 5.69 Å². The largest absolute Gasteiger partial charge is 0.497 e. The lowest BCUT2D eigenvalue weighted by Crippen LogP contribution is -2.12. The molecule has 0 saturated carbocycles. The molecule has 1 N–H and O–H groups in total. The van der Waals surface area contributed by atoms with Crippen molar-refractivity contribution in [3.63, 3.8) is 0 Å². The highest BCUT2D eigenvalue weighted by Gasteiger charge is 2.08. The molecule has 0 aliphatic carbocycles. The van der Waals surface area contributed by atoms with Crippen LogP contribution < -0.4 is 10.1 Å². The van der Waals surface area contributed by atoms with Gasteiger partial charge in [-0.05, 0) is 48.5 Å². The zero-order valence-corrected chi connectivity index (χ0v) is 12.6. The first-order valence-electron chi connectivity index (χ1n) is 7.09. The number of anilines is 1. The smallest absolute Gasteiger partial charge is 0.257 e. The molecule has 5 nitrogen and oxygen atoms in total. The molecular formula is C18H15N3O2. The molecule has 0 aliphatic heterocycles. The molecule has 114 valence electrons. The van der Waals surface area contributed by atoms with Gasteiger partial charge in [0.15, 0.2) is 0 Å². The number of amides is 1. The normalized spacial score (nSPS) is 10.1. The highest BCUT2D eigenvalue weighted by Crippen LogP contribution is 2.17. The standard InChI is InChI=1S/C18H15N3O2/c1-23-15-8-6-14(7-9-15)21-18(22)13-5-10-17(20-12-13)16-4-2-3-11-19-16/h2-12H,1H3,(H,21,22). The van der Waals surface area contributed by atoms with Gasteiger partial charge in [-0.25, -0.2) is 0 Å². The monoisotopic (exact) mass is 305 g/mol. The van der Waals surface area contributed by atoms with Crippen LogP contribution in [0.2, 0.25) is 0 Å². The molecule has 0 atom stereocenters. The summed E-state index contributed by atoms with van der Waals surface area (Å²) in [4.78, 5) is 20.7. The van der Waals surface area contributed by atoms with Crippen molar-refractivity contribution < 1.29 is 9.53 Å². The van der Waals surface area contributed by atoms with Crippen LogP contribution in [0.5, 0.6) is 5.75 Å². The van der Waals surface area contributed by atoms with Gasteiger partial charge in [0.1, 0.15) is 5.75 Å². The fourth-order valence-electron chi connectivity index (χ4n) is 2.07. The van der Waals surface area contributed by atoms with Gasteiger partial charge in [-0.3, -0.25) is 14.8 Å². The Kier molecular flexibility index (Phi) is 4.29. The summed E-state index contributed by atoms with van der Waals surface area (Å²) in [7, 11) is 1.60. The summed E-state index contributed by atoms with van der Waals surface area (Å²) in [6.45, 7) is 0. The molecule has 2 heterocycles. The Balaban J connectivity index is 1.72. The van der Waals surface area contributed by atoms with Crippen molar-refractivity contribution in [1.29, 1.82) is 0 Å². The molecule has 1 amide bonds. The average Bonchev–Trinajstić information content (AvgIpc) is 2.63. The van der Waals surface area contributed by atoms with Crippen LogP contribution in [0.25, 0.3) is 11.4 Å². The number of nitrogens with zero attached hydrogens (tertiary/aromatic N) is 2. The van der Waals surface area contributed by atoms with E-state index in [2.05, 4.69) is 15.3 Å². The summed E-state index contributed by atoms with van der Waals surface area (Å²) in [5.41, 5.74) is 2.69. The molecule has 0 spiro atoms. The van der Waals surface area contributed by atoms with Crippen LogP contribution in [-0.2, 0) is 0 Å². The van der Waals surface area contributed by atoms with Crippen LogP contribution in [-0.4, -0.2) is 23.0 Å². The van der Waals surface area contributed by atoms with E-state index in [9.17, 15) is 4.79 Å². The number of ether oxygens (including phenoxy) is 1. The summed E-state index contributed by atoms with van der Waals surface area (Å²) in [6.07, 6.45) is 3.25. The fourth-order valence-corrected chi connectivity index (χ4v) is 2.07. The number of rotatable bonds is 4. The zero-order chi connectivity index (χ0) is 16.1. The summed E-state index contributed by atoms with van der Waals surface area (Å²) in [5, 5.41) is 2.82. The van der Waals surface area contributed by atoms with Gasteiger partial charge >= 0.3 is 0 Å². The molecule has 2 aromatic heterocycles. The lowest BCUT2D eigenvalue weighted by atomic mass is 10.2. The molecule has 5 heteroatoms. The van der Waals surface area contributed by atoms with Gasteiger partial charge in [0, 0.05) is 18.1 Å². The van der Waals surface area contributed by atoms with Gasteiger partial charge in [0.25, 0.3) is 5.91 Å². The molecular weight excluding hydrogens is 290 g/mol. The second kappa shape index (κ2) is 6.70. The molecule has 3 aromatic rings. The van der Waals surface area contributed by atoms with E-state index in [0.29, 0.717) is 11.3 Å². The maximum atomic E-state index is 12.2. The van der Waals surface area contributed by atoms with E-state index in [1.165, 1.54) is 0 Å². The molecule has 0 saturated heterocycles. The van der Waals surface area contributed by atoms with Crippen molar-refractivity contribution >= 4 is 11.6 Å². The molecule has 0 aliphatic rings. The van der Waals surface area contributed by atoms with Crippen LogP contribution in [0.15, 0.2) is 67.0 Å². The van der Waals surface area contributed by atoms with Crippen molar-refractivity contribution in [2.45, 2.75) is 0 Å². The molecule has 0 radical (unpaired) electrons. The van der Waals surface area contributed by atoms with Gasteiger partial charge in [0.05, 0.1) is 24.1 Å².